The summed E-state index contributed by atoms with van der Waals surface area (Å²) in [5.41, 5.74) is 1.16. The molecule has 4 heteroatoms. The number of halogens is 1. The molecule has 0 spiro atoms. The molecule has 1 N–H and O–H groups in total. The highest BCUT2D eigenvalue weighted by Gasteiger charge is 2.17. The fourth-order valence-electron chi connectivity index (χ4n) is 2.69. The van der Waals surface area contributed by atoms with Gasteiger partial charge in [0.2, 0.25) is 0 Å². The smallest absolute Gasteiger partial charge is 0.0762 e. The van der Waals surface area contributed by atoms with Crippen LogP contribution < -0.4 is 5.32 Å². The Bertz CT molecular complexity index is 356. The second kappa shape index (κ2) is 6.71. The lowest BCUT2D eigenvalue weighted by molar-refractivity contribution is 0.455. The van der Waals surface area contributed by atoms with Crippen LogP contribution in [0.15, 0.2) is 12.3 Å². The van der Waals surface area contributed by atoms with Gasteiger partial charge in [0.05, 0.1) is 11.7 Å². The molecule has 102 valence electrons. The van der Waals surface area contributed by atoms with Crippen molar-refractivity contribution >= 4 is 15.9 Å². The van der Waals surface area contributed by atoms with E-state index >= 15 is 0 Å². The van der Waals surface area contributed by atoms with Gasteiger partial charge in [0.25, 0.3) is 0 Å². The number of hydrogen-bond donors (Lipinski definition) is 1. The zero-order valence-corrected chi connectivity index (χ0v) is 13.0. The van der Waals surface area contributed by atoms with Crippen molar-refractivity contribution in [2.45, 2.75) is 69.4 Å². The lowest BCUT2D eigenvalue weighted by atomic mass is 10.2. The highest BCUT2D eigenvalue weighted by molar-refractivity contribution is 9.09. The first kappa shape index (κ1) is 14.1. The predicted octanol–water partition coefficient (Wildman–Crippen LogP) is 3.65. The minimum Gasteiger partial charge on any atom is -0.309 e. The third-order valence-electron chi connectivity index (χ3n) is 3.67. The summed E-state index contributed by atoms with van der Waals surface area (Å²) in [5, 5.41) is 8.21. The number of nitrogens with zero attached hydrogens (tertiary/aromatic N) is 2. The van der Waals surface area contributed by atoms with E-state index in [1.54, 1.807) is 0 Å². The van der Waals surface area contributed by atoms with E-state index in [-0.39, 0.29) is 0 Å². The second-order valence-corrected chi connectivity index (χ2v) is 7.09. The van der Waals surface area contributed by atoms with Crippen molar-refractivity contribution in [3.8, 4) is 0 Å². The van der Waals surface area contributed by atoms with Crippen LogP contribution in [0.3, 0.4) is 0 Å². The molecule has 0 saturated heterocycles. The van der Waals surface area contributed by atoms with Crippen LogP contribution in [0.4, 0.5) is 0 Å². The summed E-state index contributed by atoms with van der Waals surface area (Å²) < 4.78 is 2.17. The lowest BCUT2D eigenvalue weighted by Crippen LogP contribution is -2.27. The molecule has 1 fully saturated rings. The summed E-state index contributed by atoms with van der Waals surface area (Å²) in [7, 11) is 0. The first-order valence-corrected chi connectivity index (χ1v) is 7.98. The van der Waals surface area contributed by atoms with Gasteiger partial charge in [-0.15, -0.1) is 0 Å². The van der Waals surface area contributed by atoms with Gasteiger partial charge in [-0.3, -0.25) is 4.68 Å². The van der Waals surface area contributed by atoms with Crippen LogP contribution >= 0.6 is 15.9 Å². The fourth-order valence-corrected chi connectivity index (χ4v) is 3.25. The summed E-state index contributed by atoms with van der Waals surface area (Å²) in [6.45, 7) is 5.29. The maximum Gasteiger partial charge on any atom is 0.0762 e. The zero-order chi connectivity index (χ0) is 13.0. The summed E-state index contributed by atoms with van der Waals surface area (Å²) in [5.74, 6) is 0. The SMILES string of the molecule is CC(Br)CC(C)NCc1ccn(C2CCCC2)n1. The van der Waals surface area contributed by atoms with E-state index in [0.717, 1.165) is 18.7 Å². The zero-order valence-electron chi connectivity index (χ0n) is 11.4. The van der Waals surface area contributed by atoms with E-state index in [0.29, 0.717) is 16.9 Å². The normalized spacial score (nSPS) is 20.2. The summed E-state index contributed by atoms with van der Waals surface area (Å²) in [6.07, 6.45) is 8.60. The Hall–Kier alpha value is -0.350. The molecule has 0 bridgehead atoms. The first-order valence-electron chi connectivity index (χ1n) is 7.06. The van der Waals surface area contributed by atoms with Crippen LogP contribution in [0.5, 0.6) is 0 Å². The van der Waals surface area contributed by atoms with Gasteiger partial charge in [0.15, 0.2) is 0 Å². The topological polar surface area (TPSA) is 29.9 Å². The minimum atomic E-state index is 0.524. The molecule has 0 aromatic carbocycles. The van der Waals surface area contributed by atoms with Crippen molar-refractivity contribution in [3.05, 3.63) is 18.0 Å². The largest absolute Gasteiger partial charge is 0.309 e. The third kappa shape index (κ3) is 4.09. The fraction of sp³-hybridized carbons (Fsp3) is 0.786. The molecule has 3 nitrogen and oxygen atoms in total. The number of hydrogen-bond acceptors (Lipinski definition) is 2. The lowest BCUT2D eigenvalue weighted by Gasteiger charge is -2.14. The van der Waals surface area contributed by atoms with Gasteiger partial charge >= 0.3 is 0 Å². The molecule has 0 amide bonds. The molecule has 1 aromatic rings. The number of alkyl halides is 1. The Morgan fingerprint density at radius 2 is 2.17 bits per heavy atom. The maximum absolute atomic E-state index is 4.69. The Balaban J connectivity index is 1.79. The standard InChI is InChI=1S/C14H24BrN3/c1-11(15)9-12(2)16-10-13-7-8-18(17-13)14-5-3-4-6-14/h7-8,11-12,14,16H,3-6,9-10H2,1-2H3. The molecule has 2 unspecified atom stereocenters. The average molecular weight is 314 g/mol. The number of nitrogens with one attached hydrogen (secondary N) is 1. The summed E-state index contributed by atoms with van der Waals surface area (Å²) in [6, 6.07) is 3.32. The molecule has 2 atom stereocenters. The maximum atomic E-state index is 4.69. The molecule has 1 heterocycles. The molecular formula is C14H24BrN3. The Kier molecular flexibility index (Phi) is 5.25. The monoisotopic (exact) mass is 313 g/mol. The summed E-state index contributed by atoms with van der Waals surface area (Å²) in [4.78, 5) is 0.566. The van der Waals surface area contributed by atoms with Crippen molar-refractivity contribution in [1.82, 2.24) is 15.1 Å². The molecule has 2 rings (SSSR count). The van der Waals surface area contributed by atoms with Gasteiger partial charge < -0.3 is 5.32 Å². The number of aromatic nitrogens is 2. The van der Waals surface area contributed by atoms with E-state index in [2.05, 4.69) is 57.1 Å². The molecule has 1 aromatic heterocycles. The molecule has 0 radical (unpaired) electrons. The van der Waals surface area contributed by atoms with Crippen molar-refractivity contribution in [3.63, 3.8) is 0 Å². The van der Waals surface area contributed by atoms with Gasteiger partial charge in [-0.05, 0) is 32.3 Å². The second-order valence-electron chi connectivity index (χ2n) is 5.52. The van der Waals surface area contributed by atoms with Crippen LogP contribution in [0, 0.1) is 0 Å². The van der Waals surface area contributed by atoms with Crippen LogP contribution in [-0.4, -0.2) is 20.6 Å². The molecule has 1 saturated carbocycles. The average Bonchev–Trinajstić information content (AvgIpc) is 2.96. The van der Waals surface area contributed by atoms with Crippen molar-refractivity contribution in [2.75, 3.05) is 0 Å². The van der Waals surface area contributed by atoms with Crippen LogP contribution in [0.2, 0.25) is 0 Å². The van der Waals surface area contributed by atoms with E-state index in [4.69, 9.17) is 0 Å². The first-order chi connectivity index (χ1) is 8.65. The number of rotatable bonds is 6. The van der Waals surface area contributed by atoms with Gasteiger partial charge in [-0.2, -0.15) is 5.10 Å². The van der Waals surface area contributed by atoms with Crippen LogP contribution in [0.25, 0.3) is 0 Å². The van der Waals surface area contributed by atoms with Gasteiger partial charge in [0, 0.05) is 23.6 Å². The van der Waals surface area contributed by atoms with E-state index < -0.39 is 0 Å². The Labute approximate surface area is 118 Å². The van der Waals surface area contributed by atoms with Gasteiger partial charge in [0.1, 0.15) is 0 Å². The van der Waals surface area contributed by atoms with E-state index in [9.17, 15) is 0 Å². The highest BCUT2D eigenvalue weighted by Crippen LogP contribution is 2.28. The van der Waals surface area contributed by atoms with Crippen LogP contribution in [0.1, 0.15) is 57.7 Å². The molecular weight excluding hydrogens is 290 g/mol. The van der Waals surface area contributed by atoms with Crippen molar-refractivity contribution in [2.24, 2.45) is 0 Å². The Morgan fingerprint density at radius 3 is 2.83 bits per heavy atom. The molecule has 1 aliphatic rings. The quantitative estimate of drug-likeness (QED) is 0.812. The minimum absolute atomic E-state index is 0.524. The molecule has 1 aliphatic carbocycles. The van der Waals surface area contributed by atoms with E-state index in [1.807, 2.05) is 0 Å². The van der Waals surface area contributed by atoms with Gasteiger partial charge in [-0.25, -0.2) is 0 Å². The van der Waals surface area contributed by atoms with Crippen molar-refractivity contribution < 1.29 is 0 Å². The van der Waals surface area contributed by atoms with E-state index in [1.165, 1.54) is 25.7 Å². The van der Waals surface area contributed by atoms with Crippen LogP contribution in [-0.2, 0) is 6.54 Å². The van der Waals surface area contributed by atoms with Gasteiger partial charge in [-0.1, -0.05) is 35.7 Å². The molecule has 18 heavy (non-hydrogen) atoms. The summed E-state index contributed by atoms with van der Waals surface area (Å²) >= 11 is 3.59. The Morgan fingerprint density at radius 1 is 1.44 bits per heavy atom. The predicted molar refractivity (Wildman–Crippen MR) is 79.0 cm³/mol. The van der Waals surface area contributed by atoms with Crippen molar-refractivity contribution in [1.29, 1.82) is 0 Å². The highest BCUT2D eigenvalue weighted by atomic mass is 79.9. The molecule has 0 aliphatic heterocycles. The third-order valence-corrected chi connectivity index (χ3v) is 4.05.